The lowest BCUT2D eigenvalue weighted by Crippen LogP contribution is -2.45. The summed E-state index contributed by atoms with van der Waals surface area (Å²) in [6.07, 6.45) is 3.10. The second-order valence-electron chi connectivity index (χ2n) is 7.41. The number of carboxylic acid groups (broad SMARTS) is 1. The fraction of sp³-hybridized carbons (Fsp3) is 0.0800. The van der Waals surface area contributed by atoms with Gasteiger partial charge in [0.05, 0.1) is 11.3 Å². The molecule has 8 nitrogen and oxygen atoms in total. The summed E-state index contributed by atoms with van der Waals surface area (Å²) >= 11 is 0. The summed E-state index contributed by atoms with van der Waals surface area (Å²) in [6, 6.07) is 18.1. The van der Waals surface area contributed by atoms with Crippen LogP contribution < -0.4 is 5.32 Å². The lowest BCUT2D eigenvalue weighted by Gasteiger charge is -2.17. The zero-order valence-electron chi connectivity index (χ0n) is 17.8. The topological polar surface area (TPSA) is 114 Å². The average molecular weight is 458 g/mol. The number of carbonyl (C=O) groups is 3. The quantitative estimate of drug-likeness (QED) is 0.392. The van der Waals surface area contributed by atoms with E-state index in [1.165, 1.54) is 29.1 Å². The molecule has 0 spiro atoms. The van der Waals surface area contributed by atoms with Crippen LogP contribution in [0.4, 0.5) is 4.39 Å². The fourth-order valence-corrected chi connectivity index (χ4v) is 3.42. The van der Waals surface area contributed by atoms with Crippen LogP contribution >= 0.6 is 0 Å². The number of halogens is 1. The molecule has 1 atom stereocenters. The Labute approximate surface area is 193 Å². The van der Waals surface area contributed by atoms with Crippen molar-refractivity contribution in [1.29, 1.82) is 0 Å². The first-order valence-electron chi connectivity index (χ1n) is 10.3. The number of rotatable bonds is 8. The predicted octanol–water partition coefficient (Wildman–Crippen LogP) is 3.07. The van der Waals surface area contributed by atoms with Crippen LogP contribution in [0.2, 0.25) is 0 Å². The summed E-state index contributed by atoms with van der Waals surface area (Å²) in [5.74, 6) is -3.61. The molecule has 0 radical (unpaired) electrons. The maximum atomic E-state index is 13.2. The van der Waals surface area contributed by atoms with Gasteiger partial charge in [0.2, 0.25) is 0 Å². The van der Waals surface area contributed by atoms with Gasteiger partial charge in [0, 0.05) is 24.4 Å². The van der Waals surface area contributed by atoms with E-state index >= 15 is 0 Å². The number of pyridine rings is 1. The number of hydrogen-bond acceptors (Lipinski definition) is 5. The van der Waals surface area contributed by atoms with Crippen LogP contribution in [0.3, 0.4) is 0 Å². The lowest BCUT2D eigenvalue weighted by atomic mass is 10.0. The summed E-state index contributed by atoms with van der Waals surface area (Å²) in [4.78, 5) is 41.0. The molecule has 2 aromatic carbocycles. The van der Waals surface area contributed by atoms with Crippen molar-refractivity contribution >= 4 is 17.7 Å². The zero-order chi connectivity index (χ0) is 24.1. The van der Waals surface area contributed by atoms with Crippen molar-refractivity contribution < 1.29 is 23.9 Å². The van der Waals surface area contributed by atoms with Crippen molar-refractivity contribution in [2.75, 3.05) is 0 Å². The number of amides is 1. The van der Waals surface area contributed by atoms with E-state index in [-0.39, 0.29) is 23.6 Å². The van der Waals surface area contributed by atoms with Gasteiger partial charge in [-0.1, -0.05) is 30.3 Å². The number of ketones is 1. The van der Waals surface area contributed by atoms with Gasteiger partial charge in [0.15, 0.2) is 5.82 Å². The molecule has 0 saturated heterocycles. The van der Waals surface area contributed by atoms with E-state index in [4.69, 9.17) is 0 Å². The van der Waals surface area contributed by atoms with Gasteiger partial charge in [0.25, 0.3) is 11.7 Å². The first-order valence-corrected chi connectivity index (χ1v) is 10.3. The highest BCUT2D eigenvalue weighted by atomic mass is 19.1. The minimum absolute atomic E-state index is 0.0177. The van der Waals surface area contributed by atoms with Crippen molar-refractivity contribution in [2.45, 2.75) is 12.5 Å². The molecule has 2 heterocycles. The molecule has 2 aromatic heterocycles. The van der Waals surface area contributed by atoms with Crippen molar-refractivity contribution in [2.24, 2.45) is 0 Å². The Morgan fingerprint density at radius 3 is 2.41 bits per heavy atom. The maximum Gasteiger partial charge on any atom is 0.374 e. The third kappa shape index (κ3) is 5.04. The van der Waals surface area contributed by atoms with E-state index < -0.39 is 23.7 Å². The highest BCUT2D eigenvalue weighted by Gasteiger charge is 2.28. The number of benzene rings is 2. The number of Topliss-reactive ketones (excluding diaryl/α,β-unsaturated/α-hetero) is 1. The molecule has 0 saturated carbocycles. The fourth-order valence-electron chi connectivity index (χ4n) is 3.42. The average Bonchev–Trinajstić information content (AvgIpc) is 3.34. The molecule has 0 aliphatic heterocycles. The summed E-state index contributed by atoms with van der Waals surface area (Å²) < 4.78 is 14.6. The Morgan fingerprint density at radius 1 is 0.971 bits per heavy atom. The number of carboxylic acids is 1. The van der Waals surface area contributed by atoms with Crippen molar-refractivity contribution in [1.82, 2.24) is 20.1 Å². The second-order valence-corrected chi connectivity index (χ2v) is 7.41. The summed E-state index contributed by atoms with van der Waals surface area (Å²) in [5.41, 5.74) is 2.02. The van der Waals surface area contributed by atoms with Crippen LogP contribution in [0.1, 0.15) is 15.9 Å². The first kappa shape index (κ1) is 22.5. The molecular weight excluding hydrogens is 439 g/mol. The number of nitrogens with one attached hydrogen (secondary N) is 1. The highest BCUT2D eigenvalue weighted by Crippen LogP contribution is 2.20. The van der Waals surface area contributed by atoms with Gasteiger partial charge < -0.3 is 10.4 Å². The van der Waals surface area contributed by atoms with Crippen LogP contribution in [-0.4, -0.2) is 43.6 Å². The van der Waals surface area contributed by atoms with Crippen LogP contribution in [0.25, 0.3) is 17.1 Å². The molecule has 4 rings (SSSR count). The van der Waals surface area contributed by atoms with E-state index in [2.05, 4.69) is 15.4 Å². The second kappa shape index (κ2) is 9.86. The molecule has 1 amide bonds. The summed E-state index contributed by atoms with van der Waals surface area (Å²) in [6.45, 7) is 0. The summed E-state index contributed by atoms with van der Waals surface area (Å²) in [7, 11) is 0. The van der Waals surface area contributed by atoms with Gasteiger partial charge in [-0.15, -0.1) is 0 Å². The molecule has 34 heavy (non-hydrogen) atoms. The van der Waals surface area contributed by atoms with Crippen LogP contribution in [-0.2, 0) is 16.0 Å². The molecule has 0 aliphatic carbocycles. The number of nitrogens with zero attached hydrogens (tertiary/aromatic N) is 3. The molecular formula is C25H19FN4O4. The summed E-state index contributed by atoms with van der Waals surface area (Å²) in [5, 5.41) is 16.2. The molecule has 0 bridgehead atoms. The van der Waals surface area contributed by atoms with Gasteiger partial charge in [-0.05, 0) is 48.0 Å². The number of hydrogen-bond donors (Lipinski definition) is 2. The number of aliphatic carboxylic acids is 1. The minimum atomic E-state index is -1.64. The van der Waals surface area contributed by atoms with E-state index in [1.54, 1.807) is 60.8 Å². The SMILES string of the molecule is O=C(O)C(=O)C(Cc1ccccc1)NC(=O)c1cccnc1-n1ccc(-c2ccc(F)cc2)n1. The Balaban J connectivity index is 1.61. The normalized spacial score (nSPS) is 11.6. The highest BCUT2D eigenvalue weighted by molar-refractivity contribution is 6.35. The Kier molecular flexibility index (Phi) is 6.54. The third-order valence-corrected chi connectivity index (χ3v) is 5.09. The van der Waals surface area contributed by atoms with Crippen molar-refractivity contribution in [3.05, 3.63) is 102 Å². The monoisotopic (exact) mass is 458 g/mol. The zero-order valence-corrected chi connectivity index (χ0v) is 17.8. The number of carbonyl (C=O) groups excluding carboxylic acids is 2. The molecule has 1 unspecified atom stereocenters. The molecule has 4 aromatic rings. The largest absolute Gasteiger partial charge is 0.475 e. The Bertz CT molecular complexity index is 1340. The molecule has 0 aliphatic rings. The van der Waals surface area contributed by atoms with E-state index in [0.29, 0.717) is 16.8 Å². The van der Waals surface area contributed by atoms with Crippen molar-refractivity contribution in [3.63, 3.8) is 0 Å². The molecule has 2 N–H and O–H groups in total. The van der Waals surface area contributed by atoms with Crippen molar-refractivity contribution in [3.8, 4) is 17.1 Å². The van der Waals surface area contributed by atoms with Gasteiger partial charge in [-0.2, -0.15) is 5.10 Å². The van der Waals surface area contributed by atoms with Crippen LogP contribution in [0.5, 0.6) is 0 Å². The van der Waals surface area contributed by atoms with Crippen LogP contribution in [0, 0.1) is 5.82 Å². The van der Waals surface area contributed by atoms with Crippen LogP contribution in [0.15, 0.2) is 85.2 Å². The Hall–Kier alpha value is -4.66. The van der Waals surface area contributed by atoms with Gasteiger partial charge in [0.1, 0.15) is 11.9 Å². The first-order chi connectivity index (χ1) is 16.4. The van der Waals surface area contributed by atoms with E-state index in [0.717, 1.165) is 0 Å². The molecule has 9 heteroatoms. The predicted molar refractivity (Wildman–Crippen MR) is 121 cm³/mol. The van der Waals surface area contributed by atoms with E-state index in [1.807, 2.05) is 0 Å². The minimum Gasteiger partial charge on any atom is -0.475 e. The van der Waals surface area contributed by atoms with Gasteiger partial charge in [-0.3, -0.25) is 9.59 Å². The molecule has 0 fully saturated rings. The Morgan fingerprint density at radius 2 is 1.71 bits per heavy atom. The smallest absolute Gasteiger partial charge is 0.374 e. The maximum absolute atomic E-state index is 13.2. The molecule has 170 valence electrons. The van der Waals surface area contributed by atoms with E-state index in [9.17, 15) is 23.9 Å². The van der Waals surface area contributed by atoms with Gasteiger partial charge >= 0.3 is 5.97 Å². The van der Waals surface area contributed by atoms with Gasteiger partial charge in [-0.25, -0.2) is 18.9 Å². The lowest BCUT2D eigenvalue weighted by molar-refractivity contribution is -0.149. The third-order valence-electron chi connectivity index (χ3n) is 5.09. The number of aromatic nitrogens is 3. The standard InChI is InChI=1S/C25H19FN4O4/c26-18-10-8-17(9-11-18)20-12-14-30(29-20)23-19(7-4-13-27-23)24(32)28-21(22(31)25(33)34)15-16-5-2-1-3-6-16/h1-14,21H,15H2,(H,28,32)(H,33,34).